The quantitative estimate of drug-likeness (QED) is 0.875. The molecule has 1 heterocycles. The highest BCUT2D eigenvalue weighted by Gasteiger charge is 2.26. The van der Waals surface area contributed by atoms with Crippen LogP contribution in [0.2, 0.25) is 0 Å². The number of amides is 2. The van der Waals surface area contributed by atoms with Crippen LogP contribution >= 0.6 is 15.9 Å². The highest BCUT2D eigenvalue weighted by molar-refractivity contribution is 9.10. The lowest BCUT2D eigenvalue weighted by Gasteiger charge is -2.34. The van der Waals surface area contributed by atoms with Crippen molar-refractivity contribution in [3.8, 4) is 0 Å². The molecule has 19 heavy (non-hydrogen) atoms. The third kappa shape index (κ3) is 3.45. The maximum absolute atomic E-state index is 13.2. The molecule has 0 aliphatic carbocycles. The normalized spacial score (nSPS) is 19.3. The van der Waals surface area contributed by atoms with Gasteiger partial charge in [0.05, 0.1) is 18.3 Å². The Hall–Kier alpha value is -1.14. The van der Waals surface area contributed by atoms with Crippen LogP contribution in [-0.4, -0.2) is 35.2 Å². The molecule has 1 aromatic carbocycles. The molecule has 0 spiro atoms. The summed E-state index contributed by atoms with van der Waals surface area (Å²) in [6.45, 7) is 0.571. The summed E-state index contributed by atoms with van der Waals surface area (Å²) < 4.78 is 13.8. The van der Waals surface area contributed by atoms with E-state index in [1.807, 2.05) is 0 Å². The summed E-state index contributed by atoms with van der Waals surface area (Å²) in [4.78, 5) is 13.8. The van der Waals surface area contributed by atoms with Crippen LogP contribution in [0.4, 0.5) is 14.9 Å². The van der Waals surface area contributed by atoms with Gasteiger partial charge in [0.25, 0.3) is 0 Å². The van der Waals surface area contributed by atoms with Crippen LogP contribution in [-0.2, 0) is 0 Å². The van der Waals surface area contributed by atoms with Gasteiger partial charge in [-0.1, -0.05) is 0 Å². The number of urea groups is 1. The Morgan fingerprint density at radius 1 is 1.53 bits per heavy atom. The van der Waals surface area contributed by atoms with Gasteiger partial charge in [-0.25, -0.2) is 9.18 Å². The second-order valence-electron chi connectivity index (χ2n) is 4.58. The summed E-state index contributed by atoms with van der Waals surface area (Å²) in [5.41, 5.74) is 0.396. The van der Waals surface area contributed by atoms with E-state index in [1.54, 1.807) is 11.0 Å². The highest BCUT2D eigenvalue weighted by Crippen LogP contribution is 2.24. The lowest BCUT2D eigenvalue weighted by molar-refractivity contribution is 0.115. The SMILES string of the molecule is O=C(Nc1cc(F)ccc1Br)N1CCCC[C@H]1CO. The Kier molecular flexibility index (Phi) is 4.76. The number of hydrogen-bond donors (Lipinski definition) is 2. The number of halogens is 2. The van der Waals surface area contributed by atoms with Gasteiger partial charge < -0.3 is 15.3 Å². The van der Waals surface area contributed by atoms with Crippen LogP contribution in [0.3, 0.4) is 0 Å². The molecule has 1 atom stereocenters. The lowest BCUT2D eigenvalue weighted by Crippen LogP contribution is -2.47. The Balaban J connectivity index is 2.09. The molecule has 0 radical (unpaired) electrons. The van der Waals surface area contributed by atoms with Gasteiger partial charge in [0.1, 0.15) is 5.82 Å². The number of nitrogens with zero attached hydrogens (tertiary/aromatic N) is 1. The maximum atomic E-state index is 13.2. The number of nitrogens with one attached hydrogen (secondary N) is 1. The Morgan fingerprint density at radius 2 is 2.32 bits per heavy atom. The molecule has 4 nitrogen and oxygen atoms in total. The van der Waals surface area contributed by atoms with Crippen molar-refractivity contribution in [2.75, 3.05) is 18.5 Å². The molecule has 2 rings (SSSR count). The number of aliphatic hydroxyl groups excluding tert-OH is 1. The molecule has 1 fully saturated rings. The topological polar surface area (TPSA) is 52.6 Å². The van der Waals surface area contributed by atoms with Crippen molar-refractivity contribution in [1.82, 2.24) is 4.90 Å². The summed E-state index contributed by atoms with van der Waals surface area (Å²) in [5.74, 6) is -0.407. The van der Waals surface area contributed by atoms with Crippen LogP contribution in [0.1, 0.15) is 19.3 Å². The molecule has 0 saturated carbocycles. The largest absolute Gasteiger partial charge is 0.394 e. The van der Waals surface area contributed by atoms with E-state index in [1.165, 1.54) is 12.1 Å². The fraction of sp³-hybridized carbons (Fsp3) is 0.462. The fourth-order valence-electron chi connectivity index (χ4n) is 2.24. The van der Waals surface area contributed by atoms with E-state index in [2.05, 4.69) is 21.2 Å². The third-order valence-electron chi connectivity index (χ3n) is 3.27. The predicted octanol–water partition coefficient (Wildman–Crippen LogP) is 2.97. The van der Waals surface area contributed by atoms with Crippen LogP contribution in [0, 0.1) is 5.82 Å². The minimum atomic E-state index is -0.407. The predicted molar refractivity (Wildman–Crippen MR) is 74.5 cm³/mol. The van der Waals surface area contributed by atoms with Crippen molar-refractivity contribution >= 4 is 27.6 Å². The minimum Gasteiger partial charge on any atom is -0.394 e. The zero-order chi connectivity index (χ0) is 13.8. The van der Waals surface area contributed by atoms with E-state index in [0.717, 1.165) is 19.3 Å². The molecular formula is C13H16BrFN2O2. The van der Waals surface area contributed by atoms with Crippen molar-refractivity contribution in [1.29, 1.82) is 0 Å². The molecular weight excluding hydrogens is 315 g/mol. The first kappa shape index (κ1) is 14.3. The molecule has 1 aromatic rings. The maximum Gasteiger partial charge on any atom is 0.322 e. The second kappa shape index (κ2) is 6.34. The van der Waals surface area contributed by atoms with Crippen LogP contribution in [0.5, 0.6) is 0 Å². The van der Waals surface area contributed by atoms with Gasteiger partial charge in [0.2, 0.25) is 0 Å². The smallest absolute Gasteiger partial charge is 0.322 e. The average Bonchev–Trinajstić information content (AvgIpc) is 2.42. The average molecular weight is 331 g/mol. The van der Waals surface area contributed by atoms with E-state index >= 15 is 0 Å². The van der Waals surface area contributed by atoms with Gasteiger partial charge in [-0.05, 0) is 53.4 Å². The molecule has 6 heteroatoms. The number of anilines is 1. The summed E-state index contributed by atoms with van der Waals surface area (Å²) in [6.07, 6.45) is 2.74. The molecule has 1 aliphatic rings. The molecule has 0 bridgehead atoms. The number of rotatable bonds is 2. The highest BCUT2D eigenvalue weighted by atomic mass is 79.9. The molecule has 0 aromatic heterocycles. The van der Waals surface area contributed by atoms with E-state index in [-0.39, 0.29) is 18.7 Å². The fourth-order valence-corrected chi connectivity index (χ4v) is 2.58. The molecule has 104 valence electrons. The van der Waals surface area contributed by atoms with Crippen molar-refractivity contribution in [2.24, 2.45) is 0 Å². The van der Waals surface area contributed by atoms with E-state index < -0.39 is 5.82 Å². The Bertz CT molecular complexity index is 470. The van der Waals surface area contributed by atoms with Gasteiger partial charge in [-0.2, -0.15) is 0 Å². The van der Waals surface area contributed by atoms with Crippen molar-refractivity contribution in [2.45, 2.75) is 25.3 Å². The molecule has 2 N–H and O–H groups in total. The van der Waals surface area contributed by atoms with Gasteiger partial charge in [0.15, 0.2) is 0 Å². The summed E-state index contributed by atoms with van der Waals surface area (Å²) >= 11 is 3.27. The van der Waals surface area contributed by atoms with Crippen molar-refractivity contribution < 1.29 is 14.3 Å². The molecule has 0 unspecified atom stereocenters. The third-order valence-corrected chi connectivity index (χ3v) is 3.96. The van der Waals surface area contributed by atoms with E-state index in [4.69, 9.17) is 0 Å². The first-order valence-corrected chi connectivity index (χ1v) is 7.04. The standard InChI is InChI=1S/C13H16BrFN2O2/c14-11-5-4-9(15)7-12(11)16-13(19)17-6-2-1-3-10(17)8-18/h4-5,7,10,18H,1-3,6,8H2,(H,16,19)/t10-/m0/s1. The lowest BCUT2D eigenvalue weighted by atomic mass is 10.0. The summed E-state index contributed by atoms with van der Waals surface area (Å²) in [6, 6.07) is 3.67. The number of aliphatic hydroxyl groups is 1. The monoisotopic (exact) mass is 330 g/mol. The van der Waals surface area contributed by atoms with E-state index in [0.29, 0.717) is 16.7 Å². The zero-order valence-corrected chi connectivity index (χ0v) is 12.0. The minimum absolute atomic E-state index is 0.0439. The Morgan fingerprint density at radius 3 is 3.05 bits per heavy atom. The molecule has 1 aliphatic heterocycles. The van der Waals surface area contributed by atoms with Gasteiger partial charge in [-0.15, -0.1) is 0 Å². The molecule has 1 saturated heterocycles. The van der Waals surface area contributed by atoms with Gasteiger partial charge in [-0.3, -0.25) is 0 Å². The van der Waals surface area contributed by atoms with Crippen LogP contribution in [0.15, 0.2) is 22.7 Å². The van der Waals surface area contributed by atoms with E-state index in [9.17, 15) is 14.3 Å². The Labute approximate surface area is 119 Å². The van der Waals surface area contributed by atoms with Gasteiger partial charge >= 0.3 is 6.03 Å². The van der Waals surface area contributed by atoms with Gasteiger partial charge in [0, 0.05) is 11.0 Å². The van der Waals surface area contributed by atoms with Crippen LogP contribution < -0.4 is 5.32 Å². The van der Waals surface area contributed by atoms with Crippen molar-refractivity contribution in [3.63, 3.8) is 0 Å². The summed E-state index contributed by atoms with van der Waals surface area (Å²) in [5, 5.41) is 12.0. The first-order chi connectivity index (χ1) is 9.11. The summed E-state index contributed by atoms with van der Waals surface area (Å²) in [7, 11) is 0. The molecule has 2 amide bonds. The first-order valence-electron chi connectivity index (χ1n) is 6.25. The number of hydrogen-bond acceptors (Lipinski definition) is 2. The van der Waals surface area contributed by atoms with Crippen LogP contribution in [0.25, 0.3) is 0 Å². The number of carbonyl (C=O) groups excluding carboxylic acids is 1. The zero-order valence-electron chi connectivity index (χ0n) is 10.4. The second-order valence-corrected chi connectivity index (χ2v) is 5.43. The number of carbonyl (C=O) groups is 1. The van der Waals surface area contributed by atoms with Crippen molar-refractivity contribution in [3.05, 3.63) is 28.5 Å². The number of benzene rings is 1. The number of likely N-dealkylation sites (tertiary alicyclic amines) is 1. The number of piperidine rings is 1.